The van der Waals surface area contributed by atoms with Crippen molar-refractivity contribution in [3.63, 3.8) is 0 Å². The van der Waals surface area contributed by atoms with Gasteiger partial charge in [-0.15, -0.1) is 0 Å². The molecular formula is C23H27Cl2N3O3. The molecule has 0 saturated heterocycles. The highest BCUT2D eigenvalue weighted by Crippen LogP contribution is 2.32. The van der Waals surface area contributed by atoms with E-state index in [1.54, 1.807) is 18.2 Å². The Morgan fingerprint density at radius 3 is 2.03 bits per heavy atom. The maximum atomic E-state index is 13.4. The van der Waals surface area contributed by atoms with E-state index in [9.17, 15) is 14.7 Å². The molecule has 8 heteroatoms. The van der Waals surface area contributed by atoms with Crippen LogP contribution in [0.3, 0.4) is 0 Å². The Hall–Kier alpha value is -2.05. The fourth-order valence-corrected chi connectivity index (χ4v) is 5.09. The molecule has 0 radical (unpaired) electrons. The molecule has 0 unspecified atom stereocenters. The van der Waals surface area contributed by atoms with E-state index in [0.717, 1.165) is 64.2 Å². The summed E-state index contributed by atoms with van der Waals surface area (Å²) in [5.41, 5.74) is -0.326. The number of nitrogens with zero attached hydrogens (tertiary/aromatic N) is 3. The second-order valence-corrected chi connectivity index (χ2v) is 9.32. The molecule has 31 heavy (non-hydrogen) atoms. The molecule has 1 heterocycles. The number of aromatic nitrogens is 2. The van der Waals surface area contributed by atoms with Gasteiger partial charge in [-0.25, -0.2) is 4.79 Å². The summed E-state index contributed by atoms with van der Waals surface area (Å²) in [5, 5.41) is 11.8. The van der Waals surface area contributed by atoms with Crippen LogP contribution in [-0.4, -0.2) is 20.5 Å². The Morgan fingerprint density at radius 1 is 0.871 bits per heavy atom. The summed E-state index contributed by atoms with van der Waals surface area (Å²) in [6, 6.07) is 4.65. The van der Waals surface area contributed by atoms with E-state index in [2.05, 4.69) is 4.99 Å². The summed E-state index contributed by atoms with van der Waals surface area (Å²) in [4.78, 5) is 31.1. The van der Waals surface area contributed by atoms with Gasteiger partial charge in [0.2, 0.25) is 5.88 Å². The lowest BCUT2D eigenvalue weighted by Crippen LogP contribution is -2.45. The molecule has 1 aromatic heterocycles. The van der Waals surface area contributed by atoms with E-state index < -0.39 is 11.2 Å². The molecule has 2 aromatic rings. The third-order valence-corrected chi connectivity index (χ3v) is 7.20. The maximum Gasteiger partial charge on any atom is 0.334 e. The second kappa shape index (κ2) is 9.61. The van der Waals surface area contributed by atoms with Gasteiger partial charge in [0.25, 0.3) is 5.56 Å². The van der Waals surface area contributed by atoms with Crippen LogP contribution in [-0.2, 0) is 0 Å². The minimum atomic E-state index is -0.481. The van der Waals surface area contributed by atoms with Crippen molar-refractivity contribution in [1.29, 1.82) is 0 Å². The lowest BCUT2D eigenvalue weighted by molar-refractivity contribution is 0.271. The molecule has 4 rings (SSSR count). The van der Waals surface area contributed by atoms with Gasteiger partial charge in [-0.2, -0.15) is 0 Å². The maximum absolute atomic E-state index is 13.4. The number of hydrogen-bond donors (Lipinski definition) is 1. The van der Waals surface area contributed by atoms with Crippen molar-refractivity contribution in [3.8, 4) is 5.88 Å². The van der Waals surface area contributed by atoms with Crippen LogP contribution in [0.25, 0.3) is 0 Å². The molecule has 0 aliphatic heterocycles. The van der Waals surface area contributed by atoms with E-state index in [0.29, 0.717) is 15.7 Å². The Labute approximate surface area is 191 Å². The zero-order valence-electron chi connectivity index (χ0n) is 17.4. The first-order valence-electron chi connectivity index (χ1n) is 11.1. The van der Waals surface area contributed by atoms with Crippen LogP contribution in [0.15, 0.2) is 32.8 Å². The Bertz CT molecular complexity index is 1090. The van der Waals surface area contributed by atoms with E-state index in [1.807, 2.05) is 0 Å². The van der Waals surface area contributed by atoms with Crippen molar-refractivity contribution in [2.45, 2.75) is 76.3 Å². The summed E-state index contributed by atoms with van der Waals surface area (Å²) in [5.74, 6) is -0.294. The van der Waals surface area contributed by atoms with Crippen LogP contribution in [0.2, 0.25) is 10.0 Å². The van der Waals surface area contributed by atoms with Gasteiger partial charge in [-0.05, 0) is 43.9 Å². The standard InChI is InChI=1S/C23H27Cl2N3O3/c24-19-12-11-15(13-20(19)25)26-14-18-21(29)27(16-7-3-1-4-8-16)23(31)28(22(18)30)17-9-5-2-6-10-17/h11-14,16-17,29H,1-10H2. The van der Waals surface area contributed by atoms with Crippen LogP contribution in [0.5, 0.6) is 5.88 Å². The molecule has 2 aliphatic carbocycles. The number of benzene rings is 1. The summed E-state index contributed by atoms with van der Waals surface area (Å²) >= 11 is 12.0. The highest BCUT2D eigenvalue weighted by Gasteiger charge is 2.28. The Morgan fingerprint density at radius 2 is 1.45 bits per heavy atom. The Balaban J connectivity index is 1.84. The highest BCUT2D eigenvalue weighted by atomic mass is 35.5. The third kappa shape index (κ3) is 4.60. The monoisotopic (exact) mass is 463 g/mol. The molecule has 0 spiro atoms. The lowest BCUT2D eigenvalue weighted by atomic mass is 9.94. The SMILES string of the molecule is O=c1c(C=Nc2ccc(Cl)c(Cl)c2)c(O)n(C2CCCCC2)c(=O)n1C1CCCCC1. The number of aliphatic imine (C=N–C) groups is 1. The number of aromatic hydroxyl groups is 1. The van der Waals surface area contributed by atoms with Crippen molar-refractivity contribution in [2.24, 2.45) is 4.99 Å². The van der Waals surface area contributed by atoms with Gasteiger partial charge < -0.3 is 5.11 Å². The van der Waals surface area contributed by atoms with E-state index in [-0.39, 0.29) is 23.5 Å². The number of halogens is 2. The van der Waals surface area contributed by atoms with Crippen LogP contribution in [0.1, 0.15) is 81.9 Å². The van der Waals surface area contributed by atoms with Crippen molar-refractivity contribution < 1.29 is 5.11 Å². The van der Waals surface area contributed by atoms with Crippen LogP contribution >= 0.6 is 23.2 Å². The first kappa shape index (κ1) is 22.2. The smallest absolute Gasteiger partial charge is 0.334 e. The predicted octanol–water partition coefficient (Wildman–Crippen LogP) is 5.78. The van der Waals surface area contributed by atoms with Gasteiger partial charge in [-0.1, -0.05) is 61.7 Å². The van der Waals surface area contributed by atoms with E-state index in [4.69, 9.17) is 23.2 Å². The second-order valence-electron chi connectivity index (χ2n) is 8.51. The number of hydrogen-bond acceptors (Lipinski definition) is 4. The summed E-state index contributed by atoms with van der Waals surface area (Å²) in [6.45, 7) is 0. The van der Waals surface area contributed by atoms with Crippen LogP contribution < -0.4 is 11.2 Å². The fourth-order valence-electron chi connectivity index (χ4n) is 4.80. The van der Waals surface area contributed by atoms with Gasteiger partial charge in [0.05, 0.1) is 15.7 Å². The minimum Gasteiger partial charge on any atom is -0.494 e. The Kier molecular flexibility index (Phi) is 6.87. The first-order valence-corrected chi connectivity index (χ1v) is 11.8. The number of rotatable bonds is 4. The lowest BCUT2D eigenvalue weighted by Gasteiger charge is -2.29. The van der Waals surface area contributed by atoms with Crippen LogP contribution in [0.4, 0.5) is 5.69 Å². The molecule has 2 fully saturated rings. The van der Waals surface area contributed by atoms with Gasteiger partial charge in [0.15, 0.2) is 0 Å². The average Bonchev–Trinajstić information content (AvgIpc) is 2.77. The fraction of sp³-hybridized carbons (Fsp3) is 0.522. The summed E-state index contributed by atoms with van der Waals surface area (Å²) < 4.78 is 2.80. The quantitative estimate of drug-likeness (QED) is 0.583. The molecule has 0 atom stereocenters. The largest absolute Gasteiger partial charge is 0.494 e. The van der Waals surface area contributed by atoms with Crippen molar-refractivity contribution >= 4 is 35.1 Å². The summed E-state index contributed by atoms with van der Waals surface area (Å²) in [6.07, 6.45) is 10.8. The van der Waals surface area contributed by atoms with Gasteiger partial charge in [0.1, 0.15) is 5.56 Å². The molecule has 0 amide bonds. The molecular weight excluding hydrogens is 437 g/mol. The van der Waals surface area contributed by atoms with Crippen LogP contribution in [0, 0.1) is 0 Å². The molecule has 1 aromatic carbocycles. The molecule has 166 valence electrons. The highest BCUT2D eigenvalue weighted by molar-refractivity contribution is 6.42. The van der Waals surface area contributed by atoms with Gasteiger partial charge in [-0.3, -0.25) is 18.9 Å². The zero-order chi connectivity index (χ0) is 22.0. The molecule has 0 bridgehead atoms. The van der Waals surface area contributed by atoms with E-state index in [1.165, 1.54) is 15.3 Å². The average molecular weight is 464 g/mol. The van der Waals surface area contributed by atoms with Crippen molar-refractivity contribution in [2.75, 3.05) is 0 Å². The predicted molar refractivity (Wildman–Crippen MR) is 125 cm³/mol. The molecule has 2 aliphatic rings. The summed E-state index contributed by atoms with van der Waals surface area (Å²) in [7, 11) is 0. The third-order valence-electron chi connectivity index (χ3n) is 6.46. The molecule has 1 N–H and O–H groups in total. The van der Waals surface area contributed by atoms with Crippen molar-refractivity contribution in [1.82, 2.24) is 9.13 Å². The molecule has 6 nitrogen and oxygen atoms in total. The zero-order valence-corrected chi connectivity index (χ0v) is 18.9. The normalized spacial score (nSPS) is 18.6. The minimum absolute atomic E-state index is 0.0434. The first-order chi connectivity index (χ1) is 15.0. The van der Waals surface area contributed by atoms with Gasteiger partial charge >= 0.3 is 5.69 Å². The van der Waals surface area contributed by atoms with Gasteiger partial charge in [0, 0.05) is 18.3 Å². The van der Waals surface area contributed by atoms with E-state index >= 15 is 0 Å². The molecule has 2 saturated carbocycles. The van der Waals surface area contributed by atoms with Crippen molar-refractivity contribution in [3.05, 3.63) is 54.6 Å². The topological polar surface area (TPSA) is 76.6 Å².